The van der Waals surface area contributed by atoms with Gasteiger partial charge in [0, 0.05) is 29.2 Å². The molecule has 0 N–H and O–H groups in total. The second-order valence-corrected chi connectivity index (χ2v) is 12.6. The van der Waals surface area contributed by atoms with Crippen LogP contribution in [0.3, 0.4) is 0 Å². The predicted octanol–water partition coefficient (Wildman–Crippen LogP) is 12.3. The molecule has 0 amide bonds. The average molecular weight is 637 g/mol. The molecule has 1 unspecified atom stereocenters. The van der Waals surface area contributed by atoms with Crippen LogP contribution in [0.2, 0.25) is 0 Å². The number of allylic oxidation sites excluding steroid dienone is 4. The fraction of sp³-hybridized carbons (Fsp3) is 0.359. The number of hydrogen-bond acceptors (Lipinski definition) is 3. The Morgan fingerprint density at radius 3 is 1.91 bits per heavy atom. The van der Waals surface area contributed by atoms with Gasteiger partial charge in [0.2, 0.25) is 0 Å². The molecule has 0 aliphatic heterocycles. The number of carbonyl (C=O) groups excluding carboxylic acids is 1. The van der Waals surface area contributed by atoms with E-state index in [2.05, 4.69) is 90.3 Å². The summed E-state index contributed by atoms with van der Waals surface area (Å²) in [6.07, 6.45) is 6.39. The summed E-state index contributed by atoms with van der Waals surface area (Å²) in [5, 5.41) is 0. The Hall–Kier alpha value is -3.51. The number of hydrogen-bond donors (Lipinski definition) is 0. The highest BCUT2D eigenvalue weighted by Gasteiger charge is 2.29. The molecule has 0 aromatic heterocycles. The Morgan fingerprint density at radius 1 is 0.889 bits per heavy atom. The molecule has 0 saturated carbocycles. The lowest BCUT2D eigenvalue weighted by Crippen LogP contribution is -2.10. The van der Waals surface area contributed by atoms with E-state index < -0.39 is 5.51 Å². The van der Waals surface area contributed by atoms with Crippen molar-refractivity contribution in [3.63, 3.8) is 0 Å². The van der Waals surface area contributed by atoms with Gasteiger partial charge in [-0.1, -0.05) is 108 Å². The largest absolute Gasteiger partial charge is 0.502 e. The third-order valence-corrected chi connectivity index (χ3v) is 8.02. The number of alkyl halides is 3. The topological polar surface area (TPSA) is 26.3 Å². The molecule has 0 aliphatic carbocycles. The minimum atomic E-state index is -4.37. The standard InChI is InChI=1S/C33H35F3OS.C6H12O/c1-6-7-23(4)26-12-14-28(15-13-26)31(24(5)27-10-8-25(9-11-27)20-22(2)3)21-32(37)29-16-18-30(19-17-29)38-33(34,35)36;1-4-5-6(2)7-3/h7-19,22,31H,5-6,20-21H2,1-4H3;2,4-5H2,1,3H3. The summed E-state index contributed by atoms with van der Waals surface area (Å²) >= 11 is -0.184. The monoisotopic (exact) mass is 636 g/mol. The maximum Gasteiger partial charge on any atom is 0.446 e. The molecular weight excluding hydrogens is 589 g/mol. The molecular formula is C39H47F3O2S. The minimum Gasteiger partial charge on any atom is -0.502 e. The summed E-state index contributed by atoms with van der Waals surface area (Å²) in [6, 6.07) is 22.2. The lowest BCUT2D eigenvalue weighted by atomic mass is 9.82. The second kappa shape index (κ2) is 18.5. The van der Waals surface area contributed by atoms with Gasteiger partial charge in [0.25, 0.3) is 0 Å². The smallest absolute Gasteiger partial charge is 0.446 e. The number of Topliss-reactive ketones (excluding diaryl/α,β-unsaturated/α-hetero) is 1. The van der Waals surface area contributed by atoms with Gasteiger partial charge in [-0.2, -0.15) is 13.2 Å². The van der Waals surface area contributed by atoms with Crippen molar-refractivity contribution >= 4 is 28.7 Å². The van der Waals surface area contributed by atoms with E-state index in [9.17, 15) is 18.0 Å². The van der Waals surface area contributed by atoms with Crippen molar-refractivity contribution in [3.05, 3.63) is 126 Å². The van der Waals surface area contributed by atoms with Gasteiger partial charge in [0.1, 0.15) is 0 Å². The summed E-state index contributed by atoms with van der Waals surface area (Å²) in [7, 11) is 1.65. The summed E-state index contributed by atoms with van der Waals surface area (Å²) in [5.74, 6) is 1.02. The summed E-state index contributed by atoms with van der Waals surface area (Å²) < 4.78 is 42.9. The molecule has 45 heavy (non-hydrogen) atoms. The van der Waals surface area contributed by atoms with Crippen LogP contribution in [0.1, 0.15) is 98.8 Å². The molecule has 6 heteroatoms. The van der Waals surface area contributed by atoms with Crippen molar-refractivity contribution < 1.29 is 22.7 Å². The Balaban J connectivity index is 0.000000900. The first-order chi connectivity index (χ1) is 21.3. The molecule has 0 bridgehead atoms. The van der Waals surface area contributed by atoms with Crippen molar-refractivity contribution in [1.82, 2.24) is 0 Å². The lowest BCUT2D eigenvalue weighted by molar-refractivity contribution is -0.0328. The van der Waals surface area contributed by atoms with Crippen LogP contribution in [0.4, 0.5) is 13.2 Å². The van der Waals surface area contributed by atoms with E-state index >= 15 is 0 Å². The Bertz CT molecular complexity index is 1400. The summed E-state index contributed by atoms with van der Waals surface area (Å²) in [5.41, 5.74) is 2.39. The maximum absolute atomic E-state index is 13.3. The fourth-order valence-corrected chi connectivity index (χ4v) is 5.44. The molecule has 242 valence electrons. The van der Waals surface area contributed by atoms with E-state index in [1.165, 1.54) is 35.4 Å². The minimum absolute atomic E-state index is 0.0580. The van der Waals surface area contributed by atoms with E-state index in [1.807, 2.05) is 12.1 Å². The molecule has 0 heterocycles. The number of benzene rings is 3. The van der Waals surface area contributed by atoms with E-state index in [0.29, 0.717) is 11.5 Å². The molecule has 0 fully saturated rings. The van der Waals surface area contributed by atoms with Crippen LogP contribution < -0.4 is 0 Å². The van der Waals surface area contributed by atoms with Gasteiger partial charge in [0.05, 0.1) is 12.9 Å². The first-order valence-electron chi connectivity index (χ1n) is 15.4. The van der Waals surface area contributed by atoms with Gasteiger partial charge in [-0.15, -0.1) is 0 Å². The zero-order valence-corrected chi connectivity index (χ0v) is 28.3. The molecule has 0 radical (unpaired) electrons. The third-order valence-electron chi connectivity index (χ3n) is 7.28. The summed E-state index contributed by atoms with van der Waals surface area (Å²) in [6.45, 7) is 18.7. The first kappa shape index (κ1) is 37.7. The van der Waals surface area contributed by atoms with Crippen molar-refractivity contribution in [1.29, 1.82) is 0 Å². The molecule has 3 rings (SSSR count). The van der Waals surface area contributed by atoms with Crippen LogP contribution in [-0.4, -0.2) is 18.4 Å². The Morgan fingerprint density at radius 2 is 1.44 bits per heavy atom. The highest BCUT2D eigenvalue weighted by Crippen LogP contribution is 2.38. The maximum atomic E-state index is 13.3. The number of thioether (sulfide) groups is 1. The number of carbonyl (C=O) groups is 1. The van der Waals surface area contributed by atoms with Crippen LogP contribution in [0.15, 0.2) is 103 Å². The van der Waals surface area contributed by atoms with E-state index in [1.54, 1.807) is 7.11 Å². The number of halogens is 3. The molecule has 3 aromatic carbocycles. The van der Waals surface area contributed by atoms with Crippen LogP contribution in [0, 0.1) is 5.92 Å². The normalized spacial score (nSPS) is 12.3. The number of methoxy groups -OCH3 is 1. The number of ether oxygens (including phenoxy) is 1. The predicted molar refractivity (Wildman–Crippen MR) is 186 cm³/mol. The highest BCUT2D eigenvalue weighted by atomic mass is 32.2. The van der Waals surface area contributed by atoms with Crippen LogP contribution in [-0.2, 0) is 11.2 Å². The van der Waals surface area contributed by atoms with Gasteiger partial charge < -0.3 is 4.74 Å². The highest BCUT2D eigenvalue weighted by molar-refractivity contribution is 8.00. The van der Waals surface area contributed by atoms with Gasteiger partial charge in [-0.3, -0.25) is 4.79 Å². The molecule has 0 spiro atoms. The molecule has 3 aromatic rings. The number of ketones is 1. The zero-order valence-electron chi connectivity index (χ0n) is 27.5. The molecule has 1 atom stereocenters. The van der Waals surface area contributed by atoms with E-state index in [-0.39, 0.29) is 34.8 Å². The van der Waals surface area contributed by atoms with Crippen LogP contribution in [0.25, 0.3) is 11.1 Å². The Kier molecular flexibility index (Phi) is 15.5. The van der Waals surface area contributed by atoms with Crippen molar-refractivity contribution in [2.75, 3.05) is 7.11 Å². The molecule has 2 nitrogen and oxygen atoms in total. The van der Waals surface area contributed by atoms with Crippen molar-refractivity contribution in [3.8, 4) is 0 Å². The zero-order chi connectivity index (χ0) is 33.6. The summed E-state index contributed by atoms with van der Waals surface area (Å²) in [4.78, 5) is 13.4. The van der Waals surface area contributed by atoms with Crippen molar-refractivity contribution in [2.45, 2.75) is 83.0 Å². The van der Waals surface area contributed by atoms with Crippen LogP contribution >= 0.6 is 11.8 Å². The SMILES string of the molecule is C=C(CCC)OC.C=C(c1ccc(CC(C)C)cc1)C(CC(=O)c1ccc(SC(F)(F)F)cc1)c1ccc(C(C)=CCC)cc1. The quantitative estimate of drug-likeness (QED) is 0.100. The molecule has 0 aliphatic rings. The van der Waals surface area contributed by atoms with Gasteiger partial charge in [0.15, 0.2) is 5.78 Å². The Labute approximate surface area is 272 Å². The van der Waals surface area contributed by atoms with Gasteiger partial charge in [-0.05, 0) is 89.4 Å². The number of rotatable bonds is 14. The van der Waals surface area contributed by atoms with Gasteiger partial charge in [-0.25, -0.2) is 0 Å². The third kappa shape index (κ3) is 13.2. The van der Waals surface area contributed by atoms with Crippen LogP contribution in [0.5, 0.6) is 0 Å². The fourth-order valence-electron chi connectivity index (χ4n) is 4.90. The van der Waals surface area contributed by atoms with Crippen molar-refractivity contribution in [2.24, 2.45) is 5.92 Å². The average Bonchev–Trinajstić information content (AvgIpc) is 3.00. The first-order valence-corrected chi connectivity index (χ1v) is 16.2. The molecule has 0 saturated heterocycles. The van der Waals surface area contributed by atoms with E-state index in [0.717, 1.165) is 53.7 Å². The lowest BCUT2D eigenvalue weighted by Gasteiger charge is -2.21. The van der Waals surface area contributed by atoms with Gasteiger partial charge >= 0.3 is 5.51 Å². The van der Waals surface area contributed by atoms with E-state index in [4.69, 9.17) is 4.74 Å². The second-order valence-electron chi connectivity index (χ2n) is 11.5.